The first-order valence-corrected chi connectivity index (χ1v) is 10.7. The molecule has 3 aromatic rings. The molecule has 1 unspecified atom stereocenters. The van der Waals surface area contributed by atoms with Gasteiger partial charge in [0.1, 0.15) is 11.5 Å². The number of ketones is 1. The number of carbonyl (C=O) groups is 2. The smallest absolute Gasteiger partial charge is 0.295 e. The van der Waals surface area contributed by atoms with E-state index in [1.807, 2.05) is 6.07 Å². The molecule has 0 bridgehead atoms. The fourth-order valence-electron chi connectivity index (χ4n) is 3.99. The van der Waals surface area contributed by atoms with Crippen LogP contribution in [0.1, 0.15) is 29.7 Å². The van der Waals surface area contributed by atoms with Crippen LogP contribution in [-0.4, -0.2) is 45.5 Å². The summed E-state index contributed by atoms with van der Waals surface area (Å²) >= 11 is 0. The van der Waals surface area contributed by atoms with E-state index in [0.29, 0.717) is 23.5 Å². The minimum absolute atomic E-state index is 0.0489. The molecule has 34 heavy (non-hydrogen) atoms. The largest absolute Gasteiger partial charge is 0.507 e. The first kappa shape index (κ1) is 22.8. The van der Waals surface area contributed by atoms with Crippen LogP contribution in [0.2, 0.25) is 0 Å². The molecular weight excluding hydrogens is 436 g/mol. The number of methoxy groups -OCH3 is 1. The molecule has 0 radical (unpaired) electrons. The zero-order valence-electron chi connectivity index (χ0n) is 18.8. The van der Waals surface area contributed by atoms with Gasteiger partial charge < -0.3 is 24.6 Å². The summed E-state index contributed by atoms with van der Waals surface area (Å²) in [6.45, 7) is 2.20. The van der Waals surface area contributed by atoms with Gasteiger partial charge in [0.05, 0.1) is 25.3 Å². The number of pyridine rings is 1. The van der Waals surface area contributed by atoms with E-state index in [1.165, 1.54) is 23.4 Å². The third-order valence-electron chi connectivity index (χ3n) is 5.58. The SMILES string of the molecule is CCOc1cc(C2/C(=C(/O)c3ccncc3)C(=O)C(=O)N2Cc2cccc(OC)c2)ccc1O. The predicted octanol–water partition coefficient (Wildman–Crippen LogP) is 3.82. The molecule has 1 aromatic heterocycles. The van der Waals surface area contributed by atoms with Crippen LogP contribution in [0.3, 0.4) is 0 Å². The number of carbonyl (C=O) groups excluding carboxylic acids is 2. The number of nitrogens with zero attached hydrogens (tertiary/aromatic N) is 2. The van der Waals surface area contributed by atoms with E-state index in [-0.39, 0.29) is 29.4 Å². The summed E-state index contributed by atoms with van der Waals surface area (Å²) in [5.74, 6) is -1.07. The number of aromatic nitrogens is 1. The number of phenols is 1. The van der Waals surface area contributed by atoms with Crippen molar-refractivity contribution in [1.29, 1.82) is 0 Å². The number of phenolic OH excluding ortho intramolecular Hbond substituents is 1. The van der Waals surface area contributed by atoms with Crippen LogP contribution in [0.15, 0.2) is 72.6 Å². The monoisotopic (exact) mass is 460 g/mol. The molecule has 1 amide bonds. The summed E-state index contributed by atoms with van der Waals surface area (Å²) in [6.07, 6.45) is 2.98. The number of amides is 1. The van der Waals surface area contributed by atoms with Crippen molar-refractivity contribution >= 4 is 17.4 Å². The number of aliphatic hydroxyl groups is 1. The molecule has 8 heteroatoms. The van der Waals surface area contributed by atoms with Crippen molar-refractivity contribution in [2.24, 2.45) is 0 Å². The topological polar surface area (TPSA) is 109 Å². The first-order chi connectivity index (χ1) is 16.4. The van der Waals surface area contributed by atoms with Crippen molar-refractivity contribution in [3.63, 3.8) is 0 Å². The second-order valence-electron chi connectivity index (χ2n) is 7.67. The Kier molecular flexibility index (Phi) is 6.49. The Morgan fingerprint density at radius 2 is 1.85 bits per heavy atom. The lowest BCUT2D eigenvalue weighted by Gasteiger charge is -2.26. The average molecular weight is 460 g/mol. The molecule has 8 nitrogen and oxygen atoms in total. The maximum atomic E-state index is 13.2. The van der Waals surface area contributed by atoms with Crippen LogP contribution >= 0.6 is 0 Å². The van der Waals surface area contributed by atoms with E-state index in [2.05, 4.69) is 4.98 Å². The van der Waals surface area contributed by atoms with Crippen LogP contribution in [0.25, 0.3) is 5.76 Å². The highest BCUT2D eigenvalue weighted by Gasteiger charge is 2.46. The Labute approximate surface area is 196 Å². The van der Waals surface area contributed by atoms with Gasteiger partial charge in [0.2, 0.25) is 0 Å². The minimum Gasteiger partial charge on any atom is -0.507 e. The normalized spacial score (nSPS) is 17.1. The highest BCUT2D eigenvalue weighted by Crippen LogP contribution is 2.42. The fraction of sp³-hybridized carbons (Fsp3) is 0.192. The van der Waals surface area contributed by atoms with Crippen molar-refractivity contribution < 1.29 is 29.3 Å². The summed E-state index contributed by atoms with van der Waals surface area (Å²) in [7, 11) is 1.55. The van der Waals surface area contributed by atoms with Gasteiger partial charge in [-0.25, -0.2) is 0 Å². The van der Waals surface area contributed by atoms with Crippen molar-refractivity contribution in [3.05, 3.63) is 89.3 Å². The summed E-state index contributed by atoms with van der Waals surface area (Å²) < 4.78 is 10.8. The van der Waals surface area contributed by atoms with Gasteiger partial charge in [-0.05, 0) is 54.4 Å². The molecule has 0 aliphatic carbocycles. The van der Waals surface area contributed by atoms with Gasteiger partial charge in [-0.2, -0.15) is 0 Å². The summed E-state index contributed by atoms with van der Waals surface area (Å²) in [6, 6.07) is 14.0. The zero-order chi connectivity index (χ0) is 24.2. The number of rotatable bonds is 7. The Morgan fingerprint density at radius 1 is 1.09 bits per heavy atom. The number of aromatic hydroxyl groups is 1. The lowest BCUT2D eigenvalue weighted by atomic mass is 9.95. The second-order valence-corrected chi connectivity index (χ2v) is 7.67. The van der Waals surface area contributed by atoms with Crippen molar-refractivity contribution in [2.75, 3.05) is 13.7 Å². The lowest BCUT2D eigenvalue weighted by molar-refractivity contribution is -0.140. The number of hydrogen-bond acceptors (Lipinski definition) is 7. The molecule has 1 atom stereocenters. The van der Waals surface area contributed by atoms with Crippen LogP contribution in [0.4, 0.5) is 0 Å². The number of hydrogen-bond donors (Lipinski definition) is 2. The zero-order valence-corrected chi connectivity index (χ0v) is 18.8. The maximum absolute atomic E-state index is 13.2. The highest BCUT2D eigenvalue weighted by atomic mass is 16.5. The minimum atomic E-state index is -0.904. The van der Waals surface area contributed by atoms with Gasteiger partial charge in [-0.15, -0.1) is 0 Å². The van der Waals surface area contributed by atoms with Gasteiger partial charge in [0.15, 0.2) is 11.5 Å². The number of likely N-dealkylation sites (tertiary alicyclic amines) is 1. The van der Waals surface area contributed by atoms with E-state index in [9.17, 15) is 19.8 Å². The number of benzene rings is 2. The second kappa shape index (κ2) is 9.66. The molecule has 174 valence electrons. The van der Waals surface area contributed by atoms with Crippen molar-refractivity contribution in [3.8, 4) is 17.2 Å². The lowest BCUT2D eigenvalue weighted by Crippen LogP contribution is -2.29. The standard InChI is InChI=1S/C26H24N2O6/c1-3-34-21-14-18(7-8-20(21)29)23-22(24(30)17-9-11-27-12-10-17)25(31)26(32)28(23)15-16-5-4-6-19(13-16)33-2/h4-14,23,29-30H,3,15H2,1-2H3/b24-22-. The number of ether oxygens (including phenoxy) is 2. The van der Waals surface area contributed by atoms with E-state index in [1.54, 1.807) is 56.5 Å². The quantitative estimate of drug-likeness (QED) is 0.313. The maximum Gasteiger partial charge on any atom is 0.295 e. The Bertz CT molecular complexity index is 1260. The molecule has 1 aliphatic rings. The molecule has 2 heterocycles. The molecule has 1 fully saturated rings. The predicted molar refractivity (Wildman–Crippen MR) is 124 cm³/mol. The molecule has 4 rings (SSSR count). The highest BCUT2D eigenvalue weighted by molar-refractivity contribution is 6.46. The van der Waals surface area contributed by atoms with E-state index in [0.717, 1.165) is 5.56 Å². The van der Waals surface area contributed by atoms with Gasteiger partial charge in [0.25, 0.3) is 11.7 Å². The molecule has 2 N–H and O–H groups in total. The third-order valence-corrected chi connectivity index (χ3v) is 5.58. The molecule has 0 saturated carbocycles. The van der Waals surface area contributed by atoms with Crippen LogP contribution in [-0.2, 0) is 16.1 Å². The Hall–Kier alpha value is -4.33. The summed E-state index contributed by atoms with van der Waals surface area (Å²) in [4.78, 5) is 31.7. The summed E-state index contributed by atoms with van der Waals surface area (Å²) in [5.41, 5.74) is 1.58. The van der Waals surface area contributed by atoms with Gasteiger partial charge in [-0.1, -0.05) is 18.2 Å². The van der Waals surface area contributed by atoms with Crippen molar-refractivity contribution in [1.82, 2.24) is 9.88 Å². The fourth-order valence-corrected chi connectivity index (χ4v) is 3.99. The average Bonchev–Trinajstić information content (AvgIpc) is 3.10. The van der Waals surface area contributed by atoms with Crippen LogP contribution in [0, 0.1) is 0 Å². The number of Topliss-reactive ketones (excluding diaryl/α,β-unsaturated/α-hetero) is 1. The molecule has 1 aliphatic heterocycles. The number of aliphatic hydroxyl groups excluding tert-OH is 1. The van der Waals surface area contributed by atoms with Gasteiger partial charge in [-0.3, -0.25) is 14.6 Å². The summed E-state index contributed by atoms with van der Waals surface area (Å²) in [5, 5.41) is 21.3. The van der Waals surface area contributed by atoms with Crippen molar-refractivity contribution in [2.45, 2.75) is 19.5 Å². The Morgan fingerprint density at radius 3 is 2.56 bits per heavy atom. The van der Waals surface area contributed by atoms with Crippen LogP contribution in [0.5, 0.6) is 17.2 Å². The van der Waals surface area contributed by atoms with Gasteiger partial charge in [0, 0.05) is 24.5 Å². The molecule has 2 aromatic carbocycles. The molecular formula is C26H24N2O6. The third kappa shape index (κ3) is 4.30. The van der Waals surface area contributed by atoms with E-state index < -0.39 is 17.7 Å². The molecule has 1 saturated heterocycles. The Balaban J connectivity index is 1.87. The van der Waals surface area contributed by atoms with E-state index >= 15 is 0 Å². The molecule has 0 spiro atoms. The van der Waals surface area contributed by atoms with Crippen LogP contribution < -0.4 is 9.47 Å². The van der Waals surface area contributed by atoms with Gasteiger partial charge >= 0.3 is 0 Å². The first-order valence-electron chi connectivity index (χ1n) is 10.7. The van der Waals surface area contributed by atoms with E-state index in [4.69, 9.17) is 9.47 Å².